The minimum atomic E-state index is -0.473. The Morgan fingerprint density at radius 3 is 2.87 bits per heavy atom. The van der Waals surface area contributed by atoms with E-state index in [0.29, 0.717) is 20.5 Å². The Balaban J connectivity index is 1.84. The average molecular weight is 346 g/mol. The van der Waals surface area contributed by atoms with E-state index in [1.165, 1.54) is 35.1 Å². The van der Waals surface area contributed by atoms with Gasteiger partial charge >= 0.3 is 0 Å². The number of thioether (sulfide) groups is 1. The topological polar surface area (TPSA) is 76.6 Å². The molecule has 6 nitrogen and oxygen atoms in total. The largest absolute Gasteiger partial charge is 0.467 e. The number of hydrogen-bond donors (Lipinski definition) is 0. The maximum absolute atomic E-state index is 12.4. The number of thiocarbonyl (C=S) groups is 1. The Hall–Kier alpha value is -2.45. The molecule has 8 heteroatoms. The number of nitro groups is 1. The number of carbonyl (C=O) groups excluding carboxylic acids is 1. The van der Waals surface area contributed by atoms with E-state index >= 15 is 0 Å². The maximum Gasteiger partial charge on any atom is 0.270 e. The first-order valence-corrected chi connectivity index (χ1v) is 7.79. The van der Waals surface area contributed by atoms with Gasteiger partial charge in [-0.1, -0.05) is 36.1 Å². The summed E-state index contributed by atoms with van der Waals surface area (Å²) in [5.41, 5.74) is 0.558. The standard InChI is InChI=1S/C15H10N2O4S2/c18-14-13(8-10-3-1-4-11(7-10)17(19)20)23-15(22)16(14)9-12-5-2-6-21-12/h1-8H,9H2/b13-8-. The second-order valence-electron chi connectivity index (χ2n) is 4.70. The predicted octanol–water partition coefficient (Wildman–Crippen LogP) is 3.59. The van der Waals surface area contributed by atoms with Gasteiger partial charge in [-0.15, -0.1) is 0 Å². The van der Waals surface area contributed by atoms with Crippen LogP contribution in [0, 0.1) is 10.1 Å². The van der Waals surface area contributed by atoms with Crippen LogP contribution in [-0.2, 0) is 11.3 Å². The zero-order valence-corrected chi connectivity index (χ0v) is 13.3. The van der Waals surface area contributed by atoms with Crippen LogP contribution in [0.3, 0.4) is 0 Å². The van der Waals surface area contributed by atoms with Crippen molar-refractivity contribution in [3.63, 3.8) is 0 Å². The van der Waals surface area contributed by atoms with Gasteiger partial charge in [0.15, 0.2) is 0 Å². The van der Waals surface area contributed by atoms with Gasteiger partial charge in [-0.05, 0) is 23.8 Å². The highest BCUT2D eigenvalue weighted by molar-refractivity contribution is 8.26. The van der Waals surface area contributed by atoms with Crippen LogP contribution in [-0.4, -0.2) is 20.1 Å². The molecule has 116 valence electrons. The highest BCUT2D eigenvalue weighted by atomic mass is 32.2. The van der Waals surface area contributed by atoms with Gasteiger partial charge in [-0.2, -0.15) is 0 Å². The van der Waals surface area contributed by atoms with Crippen LogP contribution >= 0.6 is 24.0 Å². The summed E-state index contributed by atoms with van der Waals surface area (Å²) in [6, 6.07) is 9.60. The molecule has 0 unspecified atom stereocenters. The molecule has 1 aromatic heterocycles. The molecule has 1 saturated heterocycles. The molecule has 2 aromatic rings. The molecule has 0 saturated carbocycles. The van der Waals surface area contributed by atoms with Crippen molar-refractivity contribution in [3.8, 4) is 0 Å². The van der Waals surface area contributed by atoms with Gasteiger partial charge in [0, 0.05) is 12.1 Å². The molecule has 1 amide bonds. The van der Waals surface area contributed by atoms with E-state index < -0.39 is 4.92 Å². The molecule has 0 atom stereocenters. The molecular formula is C15H10N2O4S2. The lowest BCUT2D eigenvalue weighted by molar-refractivity contribution is -0.384. The van der Waals surface area contributed by atoms with Crippen molar-refractivity contribution in [2.24, 2.45) is 0 Å². The third-order valence-corrected chi connectivity index (χ3v) is 4.52. The van der Waals surface area contributed by atoms with E-state index in [-0.39, 0.29) is 18.1 Å². The molecule has 0 aliphatic carbocycles. The summed E-state index contributed by atoms with van der Waals surface area (Å²) in [4.78, 5) is 24.7. The first kappa shape index (κ1) is 15.4. The summed E-state index contributed by atoms with van der Waals surface area (Å²) in [6.45, 7) is 0.268. The maximum atomic E-state index is 12.4. The Labute approximate surface area is 140 Å². The molecule has 0 radical (unpaired) electrons. The lowest BCUT2D eigenvalue weighted by Crippen LogP contribution is -2.27. The summed E-state index contributed by atoms with van der Waals surface area (Å²) in [5, 5.41) is 10.8. The van der Waals surface area contributed by atoms with Gasteiger partial charge in [-0.3, -0.25) is 19.8 Å². The summed E-state index contributed by atoms with van der Waals surface area (Å²) in [7, 11) is 0. The fraction of sp³-hybridized carbons (Fsp3) is 0.0667. The number of furan rings is 1. The number of hydrogen-bond acceptors (Lipinski definition) is 6. The Bertz CT molecular complexity index is 815. The summed E-state index contributed by atoms with van der Waals surface area (Å²) >= 11 is 6.40. The molecule has 1 aliphatic heterocycles. The van der Waals surface area contributed by atoms with Crippen molar-refractivity contribution in [3.05, 3.63) is 69.0 Å². The SMILES string of the molecule is O=C1/C(=C/c2cccc([N+](=O)[O-])c2)SC(=S)N1Cc1ccco1. The average Bonchev–Trinajstić information content (AvgIpc) is 3.12. The minimum absolute atomic E-state index is 0.0233. The van der Waals surface area contributed by atoms with Crippen LogP contribution in [0.15, 0.2) is 52.0 Å². The molecule has 0 spiro atoms. The van der Waals surface area contributed by atoms with Gasteiger partial charge in [0.1, 0.15) is 10.1 Å². The molecule has 2 heterocycles. The van der Waals surface area contributed by atoms with Crippen molar-refractivity contribution in [2.45, 2.75) is 6.54 Å². The Morgan fingerprint density at radius 2 is 2.17 bits per heavy atom. The molecule has 0 N–H and O–H groups in total. The van der Waals surface area contributed by atoms with E-state index in [1.54, 1.807) is 30.3 Å². The number of amides is 1. The third kappa shape index (κ3) is 3.33. The molecule has 23 heavy (non-hydrogen) atoms. The van der Waals surface area contributed by atoms with Crippen LogP contribution in [0.1, 0.15) is 11.3 Å². The van der Waals surface area contributed by atoms with Gasteiger partial charge in [0.05, 0.1) is 22.6 Å². The van der Waals surface area contributed by atoms with Crippen LogP contribution < -0.4 is 0 Å². The number of nitro benzene ring substituents is 1. The monoisotopic (exact) mass is 346 g/mol. The van der Waals surface area contributed by atoms with Crippen LogP contribution in [0.2, 0.25) is 0 Å². The molecule has 1 aromatic carbocycles. The quantitative estimate of drug-likeness (QED) is 0.364. The minimum Gasteiger partial charge on any atom is -0.467 e. The molecular weight excluding hydrogens is 336 g/mol. The van der Waals surface area contributed by atoms with Crippen molar-refractivity contribution >= 4 is 46.0 Å². The van der Waals surface area contributed by atoms with E-state index in [0.717, 1.165) is 0 Å². The molecule has 3 rings (SSSR count). The summed E-state index contributed by atoms with van der Waals surface area (Å²) in [5.74, 6) is 0.404. The zero-order valence-electron chi connectivity index (χ0n) is 11.7. The van der Waals surface area contributed by atoms with Crippen LogP contribution in [0.4, 0.5) is 5.69 Å². The molecule has 1 aliphatic rings. The fourth-order valence-electron chi connectivity index (χ4n) is 2.07. The smallest absolute Gasteiger partial charge is 0.270 e. The predicted molar refractivity (Wildman–Crippen MR) is 90.5 cm³/mol. The fourth-order valence-corrected chi connectivity index (χ4v) is 3.33. The second kappa shape index (κ2) is 6.35. The molecule has 1 fully saturated rings. The normalized spacial score (nSPS) is 16.3. The van der Waals surface area contributed by atoms with Gasteiger partial charge in [0.25, 0.3) is 11.6 Å². The van der Waals surface area contributed by atoms with Gasteiger partial charge in [-0.25, -0.2) is 0 Å². The van der Waals surface area contributed by atoms with E-state index in [1.807, 2.05) is 0 Å². The number of benzene rings is 1. The zero-order chi connectivity index (χ0) is 16.4. The van der Waals surface area contributed by atoms with Crippen molar-refractivity contribution in [1.82, 2.24) is 4.90 Å². The summed E-state index contributed by atoms with van der Waals surface area (Å²) in [6.07, 6.45) is 3.14. The molecule has 0 bridgehead atoms. The van der Waals surface area contributed by atoms with E-state index in [2.05, 4.69) is 0 Å². The lowest BCUT2D eigenvalue weighted by atomic mass is 10.2. The van der Waals surface area contributed by atoms with E-state index in [9.17, 15) is 14.9 Å². The van der Waals surface area contributed by atoms with Crippen molar-refractivity contribution in [1.29, 1.82) is 0 Å². The number of carbonyl (C=O) groups is 1. The van der Waals surface area contributed by atoms with Gasteiger partial charge < -0.3 is 4.42 Å². The first-order chi connectivity index (χ1) is 11.0. The van der Waals surface area contributed by atoms with Crippen molar-refractivity contribution in [2.75, 3.05) is 0 Å². The van der Waals surface area contributed by atoms with Crippen LogP contribution in [0.5, 0.6) is 0 Å². The summed E-state index contributed by atoms with van der Waals surface area (Å²) < 4.78 is 5.66. The number of nitrogens with zero attached hydrogens (tertiary/aromatic N) is 2. The van der Waals surface area contributed by atoms with Crippen molar-refractivity contribution < 1.29 is 14.1 Å². The van der Waals surface area contributed by atoms with Gasteiger partial charge in [0.2, 0.25) is 0 Å². The lowest BCUT2D eigenvalue weighted by Gasteiger charge is -2.11. The third-order valence-electron chi connectivity index (χ3n) is 3.15. The number of rotatable bonds is 4. The highest BCUT2D eigenvalue weighted by Gasteiger charge is 2.32. The van der Waals surface area contributed by atoms with Crippen LogP contribution in [0.25, 0.3) is 6.08 Å². The first-order valence-electron chi connectivity index (χ1n) is 6.57. The highest BCUT2D eigenvalue weighted by Crippen LogP contribution is 2.34. The Kier molecular flexibility index (Phi) is 4.26. The second-order valence-corrected chi connectivity index (χ2v) is 6.38. The Morgan fingerprint density at radius 1 is 1.35 bits per heavy atom. The number of non-ortho nitro benzene ring substituents is 1. The van der Waals surface area contributed by atoms with E-state index in [4.69, 9.17) is 16.6 Å².